The molecule has 140 valence electrons. The molecule has 0 unspecified atom stereocenters. The zero-order valence-corrected chi connectivity index (χ0v) is 16.1. The predicted octanol–water partition coefficient (Wildman–Crippen LogP) is 4.88. The van der Waals surface area contributed by atoms with Crippen LogP contribution in [-0.2, 0) is 14.3 Å². The number of nitrogens with one attached hydrogen (secondary N) is 1. The zero-order valence-electron chi connectivity index (χ0n) is 14.6. The summed E-state index contributed by atoms with van der Waals surface area (Å²) in [6.45, 7) is 0.615. The van der Waals surface area contributed by atoms with Gasteiger partial charge in [-0.3, -0.25) is 9.78 Å². The topological polar surface area (TPSA) is 60.5 Å². The molecule has 1 N–H and O–H groups in total. The first kappa shape index (κ1) is 19.6. The molecule has 2 aromatic carbocycles. The highest BCUT2D eigenvalue weighted by Crippen LogP contribution is 2.29. The Balaban J connectivity index is 1.88. The summed E-state index contributed by atoms with van der Waals surface area (Å²) in [4.78, 5) is 17.2. The van der Waals surface area contributed by atoms with Crippen LogP contribution in [0.25, 0.3) is 10.8 Å². The van der Waals surface area contributed by atoms with Gasteiger partial charge in [0.15, 0.2) is 6.10 Å². The minimum Gasteiger partial charge on any atom is -0.382 e. The zero-order chi connectivity index (χ0) is 19.2. The Bertz CT molecular complexity index is 944. The highest BCUT2D eigenvalue weighted by atomic mass is 35.5. The molecule has 0 bridgehead atoms. The smallest absolute Gasteiger partial charge is 0.258 e. The summed E-state index contributed by atoms with van der Waals surface area (Å²) >= 11 is 12.1. The third kappa shape index (κ3) is 4.76. The molecular formula is C20H18Cl2N2O3. The third-order valence-corrected chi connectivity index (χ3v) is 4.72. The third-order valence-electron chi connectivity index (χ3n) is 3.98. The fourth-order valence-corrected chi connectivity index (χ4v) is 2.97. The summed E-state index contributed by atoms with van der Waals surface area (Å²) in [5, 5.41) is 5.49. The fourth-order valence-electron chi connectivity index (χ4n) is 2.66. The lowest BCUT2D eigenvalue weighted by atomic mass is 10.1. The second-order valence-corrected chi connectivity index (χ2v) is 6.63. The average molecular weight is 405 g/mol. The van der Waals surface area contributed by atoms with E-state index in [9.17, 15) is 4.79 Å². The van der Waals surface area contributed by atoms with Gasteiger partial charge in [-0.1, -0.05) is 53.5 Å². The van der Waals surface area contributed by atoms with E-state index >= 15 is 0 Å². The quantitative estimate of drug-likeness (QED) is 0.569. The van der Waals surface area contributed by atoms with E-state index in [0.29, 0.717) is 27.9 Å². The van der Waals surface area contributed by atoms with Gasteiger partial charge < -0.3 is 14.8 Å². The lowest BCUT2D eigenvalue weighted by molar-refractivity contribution is -0.128. The van der Waals surface area contributed by atoms with Gasteiger partial charge in [-0.25, -0.2) is 0 Å². The summed E-state index contributed by atoms with van der Waals surface area (Å²) < 4.78 is 10.8. The number of amides is 1. The van der Waals surface area contributed by atoms with Gasteiger partial charge in [0.25, 0.3) is 5.91 Å². The highest BCUT2D eigenvalue weighted by Gasteiger charge is 2.23. The molecule has 0 saturated carbocycles. The molecule has 0 fully saturated rings. The van der Waals surface area contributed by atoms with Gasteiger partial charge in [0.2, 0.25) is 0 Å². The Kier molecular flexibility index (Phi) is 6.63. The van der Waals surface area contributed by atoms with Crippen LogP contribution in [0.2, 0.25) is 10.0 Å². The Morgan fingerprint density at radius 3 is 2.70 bits per heavy atom. The van der Waals surface area contributed by atoms with Crippen LogP contribution in [-0.4, -0.2) is 31.2 Å². The molecule has 0 radical (unpaired) electrons. The Hall–Kier alpha value is -2.18. The molecule has 1 amide bonds. The van der Waals surface area contributed by atoms with Crippen molar-refractivity contribution in [3.63, 3.8) is 0 Å². The summed E-state index contributed by atoms with van der Waals surface area (Å²) in [7, 11) is 1.57. The van der Waals surface area contributed by atoms with Gasteiger partial charge in [-0.2, -0.15) is 0 Å². The van der Waals surface area contributed by atoms with Gasteiger partial charge in [0.1, 0.15) is 0 Å². The van der Waals surface area contributed by atoms with Crippen LogP contribution < -0.4 is 5.32 Å². The van der Waals surface area contributed by atoms with Crippen LogP contribution in [0.1, 0.15) is 11.7 Å². The van der Waals surface area contributed by atoms with Gasteiger partial charge in [0, 0.05) is 24.1 Å². The van der Waals surface area contributed by atoms with E-state index in [1.165, 1.54) is 0 Å². The number of benzene rings is 2. The molecule has 7 heteroatoms. The maximum Gasteiger partial charge on any atom is 0.258 e. The fraction of sp³-hybridized carbons (Fsp3) is 0.200. The van der Waals surface area contributed by atoms with Crippen LogP contribution in [0.15, 0.2) is 54.9 Å². The SMILES string of the molecule is COCCO[C@@H](C(=O)Nc1cncc2ccccc12)c1ccc(Cl)c(Cl)c1. The number of hydrogen-bond acceptors (Lipinski definition) is 4. The van der Waals surface area contributed by atoms with E-state index in [1.807, 2.05) is 24.3 Å². The van der Waals surface area contributed by atoms with Crippen LogP contribution in [0.5, 0.6) is 0 Å². The number of nitrogens with zero attached hydrogens (tertiary/aromatic N) is 1. The number of hydrogen-bond donors (Lipinski definition) is 1. The number of rotatable bonds is 7. The van der Waals surface area contributed by atoms with Crippen molar-refractivity contribution < 1.29 is 14.3 Å². The van der Waals surface area contributed by atoms with E-state index < -0.39 is 6.10 Å². The Labute approximate surface area is 167 Å². The van der Waals surface area contributed by atoms with Crippen molar-refractivity contribution in [3.8, 4) is 0 Å². The van der Waals surface area contributed by atoms with Crippen LogP contribution in [0.4, 0.5) is 5.69 Å². The summed E-state index contributed by atoms with van der Waals surface area (Å²) in [5.41, 5.74) is 1.21. The largest absolute Gasteiger partial charge is 0.382 e. The van der Waals surface area contributed by atoms with Crippen molar-refractivity contribution in [1.29, 1.82) is 0 Å². The van der Waals surface area contributed by atoms with E-state index in [2.05, 4.69) is 10.3 Å². The van der Waals surface area contributed by atoms with Crippen molar-refractivity contribution in [2.45, 2.75) is 6.10 Å². The molecule has 27 heavy (non-hydrogen) atoms. The van der Waals surface area contributed by atoms with E-state index in [4.69, 9.17) is 32.7 Å². The number of carbonyl (C=O) groups is 1. The molecule has 0 aliphatic rings. The minimum atomic E-state index is -0.867. The number of aromatic nitrogens is 1. The summed E-state index contributed by atoms with van der Waals surface area (Å²) in [6.07, 6.45) is 2.49. The summed E-state index contributed by atoms with van der Waals surface area (Å²) in [6, 6.07) is 12.7. The molecule has 0 spiro atoms. The van der Waals surface area contributed by atoms with E-state index in [-0.39, 0.29) is 12.5 Å². The first-order valence-electron chi connectivity index (χ1n) is 8.29. The second-order valence-electron chi connectivity index (χ2n) is 5.81. The lowest BCUT2D eigenvalue weighted by Crippen LogP contribution is -2.25. The van der Waals surface area contributed by atoms with Crippen molar-refractivity contribution in [1.82, 2.24) is 4.98 Å². The maximum atomic E-state index is 13.0. The second kappa shape index (κ2) is 9.15. The number of halogens is 2. The average Bonchev–Trinajstić information content (AvgIpc) is 2.68. The number of fused-ring (bicyclic) bond motifs is 1. The van der Waals surface area contributed by atoms with Gasteiger partial charge in [-0.05, 0) is 17.7 Å². The minimum absolute atomic E-state index is 0.253. The van der Waals surface area contributed by atoms with E-state index in [1.54, 1.807) is 37.7 Å². The molecule has 0 aliphatic heterocycles. The molecule has 1 atom stereocenters. The lowest BCUT2D eigenvalue weighted by Gasteiger charge is -2.19. The van der Waals surface area contributed by atoms with Crippen LogP contribution in [0.3, 0.4) is 0 Å². The first-order valence-corrected chi connectivity index (χ1v) is 9.05. The Morgan fingerprint density at radius 2 is 1.93 bits per heavy atom. The Morgan fingerprint density at radius 1 is 1.11 bits per heavy atom. The number of ether oxygens (including phenoxy) is 2. The number of carbonyl (C=O) groups excluding carboxylic acids is 1. The highest BCUT2D eigenvalue weighted by molar-refractivity contribution is 6.42. The van der Waals surface area contributed by atoms with E-state index in [0.717, 1.165) is 10.8 Å². The monoisotopic (exact) mass is 404 g/mol. The molecule has 3 aromatic rings. The molecule has 0 saturated heterocycles. The van der Waals surface area contributed by atoms with Crippen molar-refractivity contribution in [2.24, 2.45) is 0 Å². The van der Waals surface area contributed by atoms with Gasteiger partial charge in [-0.15, -0.1) is 0 Å². The molecule has 1 heterocycles. The number of methoxy groups -OCH3 is 1. The molecule has 3 rings (SSSR count). The van der Waals surface area contributed by atoms with Crippen LogP contribution >= 0.6 is 23.2 Å². The normalized spacial score (nSPS) is 12.1. The van der Waals surface area contributed by atoms with Gasteiger partial charge in [0.05, 0.1) is 35.1 Å². The van der Waals surface area contributed by atoms with Crippen molar-refractivity contribution in [3.05, 3.63) is 70.5 Å². The van der Waals surface area contributed by atoms with Crippen molar-refractivity contribution in [2.75, 3.05) is 25.6 Å². The van der Waals surface area contributed by atoms with Gasteiger partial charge >= 0.3 is 0 Å². The molecule has 5 nitrogen and oxygen atoms in total. The maximum absolute atomic E-state index is 13.0. The van der Waals surface area contributed by atoms with Crippen molar-refractivity contribution >= 4 is 45.6 Å². The first-order chi connectivity index (χ1) is 13.1. The molecule has 0 aliphatic carbocycles. The predicted molar refractivity (Wildman–Crippen MR) is 107 cm³/mol. The summed E-state index contributed by atoms with van der Waals surface area (Å²) in [5.74, 6) is -0.331. The standard InChI is InChI=1S/C20H18Cl2N2O3/c1-26-8-9-27-19(13-6-7-16(21)17(22)10-13)20(25)24-18-12-23-11-14-4-2-3-5-15(14)18/h2-7,10-12,19H,8-9H2,1H3,(H,24,25)/t19-/m1/s1. The molecular weight excluding hydrogens is 387 g/mol. The number of anilines is 1. The van der Waals surface area contributed by atoms with Crippen LogP contribution in [0, 0.1) is 0 Å². The molecule has 1 aromatic heterocycles. The number of pyridine rings is 1.